The third-order valence-electron chi connectivity index (χ3n) is 2.00. The van der Waals surface area contributed by atoms with Crippen LogP contribution in [0.5, 0.6) is 0 Å². The monoisotopic (exact) mass is 168 g/mol. The Morgan fingerprint density at radius 1 is 1.45 bits per heavy atom. The minimum absolute atomic E-state index is 0.457. The van der Waals surface area contributed by atoms with Crippen LogP contribution in [0.25, 0.3) is 0 Å². The Balaban J connectivity index is 2.94. The molecule has 0 saturated carbocycles. The molecular weight excluding hydrogens is 152 g/mol. The summed E-state index contributed by atoms with van der Waals surface area (Å²) < 4.78 is 0. The molecule has 0 aromatic carbocycles. The van der Waals surface area contributed by atoms with Gasteiger partial charge in [-0.1, -0.05) is 25.5 Å². The van der Waals surface area contributed by atoms with Crippen LogP contribution in [0.15, 0.2) is 11.6 Å². The largest absolute Gasteiger partial charge is 0.157 e. The van der Waals surface area contributed by atoms with Crippen LogP contribution in [0, 0.1) is 5.41 Å². The summed E-state index contributed by atoms with van der Waals surface area (Å²) in [7, 11) is 1.64. The fraction of sp³-hybridized carbons (Fsp3) is 0.600. The molecule has 1 heteroatoms. The Kier molecular flexibility index (Phi) is 2.38. The van der Waals surface area contributed by atoms with Gasteiger partial charge < -0.3 is 0 Å². The van der Waals surface area contributed by atoms with Gasteiger partial charge in [0.15, 0.2) is 0 Å². The van der Waals surface area contributed by atoms with E-state index in [9.17, 15) is 0 Å². The topological polar surface area (TPSA) is 0 Å². The minimum atomic E-state index is 0.457. The summed E-state index contributed by atoms with van der Waals surface area (Å²) in [6, 6.07) is 0. The van der Waals surface area contributed by atoms with Gasteiger partial charge in [-0.3, -0.25) is 0 Å². The van der Waals surface area contributed by atoms with Gasteiger partial charge in [0.25, 0.3) is 0 Å². The fourth-order valence-corrected chi connectivity index (χ4v) is 2.54. The molecule has 1 aliphatic carbocycles. The maximum Gasteiger partial charge on any atom is 0.00436 e. The number of allylic oxidation sites excluding steroid dienone is 2. The van der Waals surface area contributed by atoms with Gasteiger partial charge in [-0.2, -0.15) is 10.9 Å². The second-order valence-corrected chi connectivity index (χ2v) is 4.93. The van der Waals surface area contributed by atoms with Gasteiger partial charge in [-0.15, -0.1) is 0 Å². The zero-order valence-corrected chi connectivity index (χ0v) is 8.42. The highest BCUT2D eigenvalue weighted by atomic mass is 32.1. The summed E-state index contributed by atoms with van der Waals surface area (Å²) in [4.78, 5) is 1.43. The van der Waals surface area contributed by atoms with Crippen molar-refractivity contribution < 1.29 is 0 Å². The summed E-state index contributed by atoms with van der Waals surface area (Å²) in [6.07, 6.45) is 4.71. The summed E-state index contributed by atoms with van der Waals surface area (Å²) in [5.74, 6) is 3.84. The maximum atomic E-state index is 3.84. The first-order chi connectivity index (χ1) is 5.03. The molecule has 0 aliphatic heterocycles. The lowest BCUT2D eigenvalue weighted by molar-refractivity contribution is 0.375. The summed E-state index contributed by atoms with van der Waals surface area (Å²) in [5.41, 5.74) is 1.95. The van der Waals surface area contributed by atoms with Gasteiger partial charge >= 0.3 is 0 Å². The second-order valence-electron chi connectivity index (χ2n) is 4.12. The van der Waals surface area contributed by atoms with E-state index < -0.39 is 0 Å². The predicted octanol–water partition coefficient (Wildman–Crippen LogP) is 3.09. The van der Waals surface area contributed by atoms with E-state index in [0.717, 1.165) is 0 Å². The smallest absolute Gasteiger partial charge is 0.00436 e. The third kappa shape index (κ3) is 2.33. The van der Waals surface area contributed by atoms with Crippen LogP contribution in [0.4, 0.5) is 0 Å². The van der Waals surface area contributed by atoms with Crippen molar-refractivity contribution in [1.82, 2.24) is 0 Å². The first kappa shape index (κ1) is 8.79. The Labute approximate surface area is 72.9 Å². The molecule has 62 valence electrons. The van der Waals surface area contributed by atoms with Crippen LogP contribution < -0.4 is 0 Å². The molecule has 0 radical (unpaired) electrons. The van der Waals surface area contributed by atoms with Gasteiger partial charge in [0.2, 0.25) is 0 Å². The first-order valence-electron chi connectivity index (χ1n) is 3.98. The number of hydrogen-bond acceptors (Lipinski definition) is 0. The van der Waals surface area contributed by atoms with Crippen LogP contribution in [-0.2, 0) is 0 Å². The lowest BCUT2D eigenvalue weighted by atomic mass is 9.78. The SMILES string of the molecule is C=S=C1C=C(C)CC(C)(C)C1. The van der Waals surface area contributed by atoms with E-state index in [2.05, 4.69) is 32.7 Å². The van der Waals surface area contributed by atoms with Crippen molar-refractivity contribution >= 4 is 21.7 Å². The highest BCUT2D eigenvalue weighted by molar-refractivity contribution is 7.96. The quantitative estimate of drug-likeness (QED) is 0.488. The number of hydrogen-bond donors (Lipinski definition) is 0. The fourth-order valence-electron chi connectivity index (χ4n) is 1.76. The third-order valence-corrected chi connectivity index (χ3v) is 2.64. The van der Waals surface area contributed by atoms with Crippen molar-refractivity contribution in [2.75, 3.05) is 0 Å². The maximum absolute atomic E-state index is 3.84. The van der Waals surface area contributed by atoms with Gasteiger partial charge in [-0.25, -0.2) is 0 Å². The molecule has 0 saturated heterocycles. The Morgan fingerprint density at radius 3 is 2.55 bits per heavy atom. The Bertz CT molecular complexity index is 240. The first-order valence-corrected chi connectivity index (χ1v) is 4.97. The Morgan fingerprint density at radius 2 is 2.09 bits per heavy atom. The molecule has 0 atom stereocenters. The van der Waals surface area contributed by atoms with E-state index in [4.69, 9.17) is 0 Å². The standard InChI is InChI=1S/C10H16S/c1-8-5-9(11-4)7-10(2,3)6-8/h5H,4,6-7H2,1-3H3. The molecule has 0 N–H and O–H groups in total. The van der Waals surface area contributed by atoms with Crippen LogP contribution in [0.1, 0.15) is 33.6 Å². The molecule has 0 spiro atoms. The molecule has 0 amide bonds. The molecular formula is C10H16S. The van der Waals surface area contributed by atoms with E-state index in [1.54, 1.807) is 10.9 Å². The molecule has 0 aromatic rings. The molecule has 0 heterocycles. The zero-order chi connectivity index (χ0) is 8.48. The van der Waals surface area contributed by atoms with Crippen LogP contribution in [0.3, 0.4) is 0 Å². The van der Waals surface area contributed by atoms with E-state index >= 15 is 0 Å². The van der Waals surface area contributed by atoms with Crippen molar-refractivity contribution in [3.63, 3.8) is 0 Å². The van der Waals surface area contributed by atoms with Gasteiger partial charge in [0, 0.05) is 4.86 Å². The predicted molar refractivity (Wildman–Crippen MR) is 56.5 cm³/mol. The average Bonchev–Trinajstić information content (AvgIpc) is 1.83. The lowest BCUT2D eigenvalue weighted by Gasteiger charge is -2.29. The summed E-state index contributed by atoms with van der Waals surface area (Å²) in [6.45, 7) is 6.84. The zero-order valence-electron chi connectivity index (χ0n) is 7.61. The number of rotatable bonds is 0. The van der Waals surface area contributed by atoms with Crippen LogP contribution in [0.2, 0.25) is 0 Å². The molecule has 0 nitrogen and oxygen atoms in total. The molecule has 1 rings (SSSR count). The van der Waals surface area contributed by atoms with E-state index in [1.165, 1.54) is 23.3 Å². The molecule has 0 unspecified atom stereocenters. The summed E-state index contributed by atoms with van der Waals surface area (Å²) >= 11 is 0. The van der Waals surface area contributed by atoms with E-state index in [0.29, 0.717) is 5.41 Å². The molecule has 1 aliphatic rings. The van der Waals surface area contributed by atoms with Crippen molar-refractivity contribution in [3.05, 3.63) is 11.6 Å². The molecule has 0 aromatic heterocycles. The van der Waals surface area contributed by atoms with Crippen LogP contribution in [-0.4, -0.2) is 10.7 Å². The van der Waals surface area contributed by atoms with E-state index in [-0.39, 0.29) is 0 Å². The van der Waals surface area contributed by atoms with Crippen molar-refractivity contribution in [2.24, 2.45) is 5.41 Å². The summed E-state index contributed by atoms with van der Waals surface area (Å²) in [5, 5.41) is 0. The van der Waals surface area contributed by atoms with Crippen molar-refractivity contribution in [2.45, 2.75) is 33.6 Å². The minimum Gasteiger partial charge on any atom is -0.157 e. The normalized spacial score (nSPS) is 22.8. The van der Waals surface area contributed by atoms with Gasteiger partial charge in [0.05, 0.1) is 0 Å². The Hall–Kier alpha value is -0.300. The second kappa shape index (κ2) is 2.98. The van der Waals surface area contributed by atoms with Gasteiger partial charge in [-0.05, 0) is 31.1 Å². The highest BCUT2D eigenvalue weighted by Crippen LogP contribution is 2.33. The van der Waals surface area contributed by atoms with Crippen molar-refractivity contribution in [3.8, 4) is 0 Å². The molecule has 11 heavy (non-hydrogen) atoms. The molecule has 0 bridgehead atoms. The van der Waals surface area contributed by atoms with E-state index in [1.807, 2.05) is 0 Å². The van der Waals surface area contributed by atoms with Crippen molar-refractivity contribution in [1.29, 1.82) is 0 Å². The van der Waals surface area contributed by atoms with Crippen LogP contribution >= 0.6 is 10.9 Å². The highest BCUT2D eigenvalue weighted by Gasteiger charge is 2.23. The van der Waals surface area contributed by atoms with Gasteiger partial charge in [0.1, 0.15) is 0 Å². The lowest BCUT2D eigenvalue weighted by Crippen LogP contribution is -2.20. The average molecular weight is 168 g/mol. The molecule has 0 fully saturated rings.